The molecular weight excluding hydrogens is 571 g/mol. The van der Waals surface area contributed by atoms with Crippen molar-refractivity contribution >= 4 is 36.6 Å². The van der Waals surface area contributed by atoms with Crippen molar-refractivity contribution in [3.63, 3.8) is 0 Å². The maximum atomic E-state index is 12.7. The van der Waals surface area contributed by atoms with Crippen LogP contribution >= 0.6 is 7.60 Å². The van der Waals surface area contributed by atoms with Crippen LogP contribution in [-0.2, 0) is 23.4 Å². The molecule has 1 amide bonds. The van der Waals surface area contributed by atoms with Gasteiger partial charge in [-0.2, -0.15) is 0 Å². The highest BCUT2D eigenvalue weighted by Crippen LogP contribution is 2.48. The van der Waals surface area contributed by atoms with Crippen molar-refractivity contribution in [1.29, 1.82) is 0 Å². The van der Waals surface area contributed by atoms with Gasteiger partial charge in [-0.3, -0.25) is 23.7 Å². The van der Waals surface area contributed by atoms with Gasteiger partial charge in [-0.1, -0.05) is 13.8 Å². The molecule has 0 saturated carbocycles. The molecule has 4 atom stereocenters. The predicted octanol–water partition coefficient (Wildman–Crippen LogP) is 1.14. The topological polar surface area (TPSA) is 215 Å². The minimum atomic E-state index is -3.86. The minimum Gasteiger partial charge on any atom is -0.373 e. The molecule has 5 N–H and O–H groups in total. The molecule has 4 heterocycles. The molecule has 0 aromatic carbocycles. The highest BCUT2D eigenvalue weighted by molar-refractivity contribution is 7.53. The molecule has 0 spiro atoms. The van der Waals surface area contributed by atoms with Crippen LogP contribution in [0.1, 0.15) is 45.9 Å². The van der Waals surface area contributed by atoms with E-state index < -0.39 is 48.8 Å². The molecule has 1 saturated heterocycles. The van der Waals surface area contributed by atoms with E-state index in [0.717, 1.165) is 0 Å². The fourth-order valence-electron chi connectivity index (χ4n) is 4.17. The molecule has 0 aliphatic carbocycles. The van der Waals surface area contributed by atoms with E-state index >= 15 is 0 Å². The smallest absolute Gasteiger partial charge is 0.330 e. The number of rotatable bonds is 13. The van der Waals surface area contributed by atoms with E-state index in [-0.39, 0.29) is 31.2 Å². The maximum absolute atomic E-state index is 12.7. The van der Waals surface area contributed by atoms with Gasteiger partial charge >= 0.3 is 13.3 Å². The zero-order valence-corrected chi connectivity index (χ0v) is 24.5. The second-order valence-corrected chi connectivity index (χ2v) is 12.6. The van der Waals surface area contributed by atoms with Gasteiger partial charge in [-0.25, -0.2) is 19.7 Å². The Morgan fingerprint density at radius 3 is 2.79 bits per heavy atom. The Hall–Kier alpha value is -3.69. The summed E-state index contributed by atoms with van der Waals surface area (Å²) in [7, 11) is -3.86. The van der Waals surface area contributed by atoms with Gasteiger partial charge in [0.05, 0.1) is 36.4 Å². The number of hydrogen-bond acceptors (Lipinski definition) is 11. The molecule has 3 aromatic rings. The van der Waals surface area contributed by atoms with Gasteiger partial charge in [0.1, 0.15) is 24.2 Å². The summed E-state index contributed by atoms with van der Waals surface area (Å²) in [5.74, 6) is 0.0898. The van der Waals surface area contributed by atoms with Crippen LogP contribution in [0.25, 0.3) is 17.2 Å². The van der Waals surface area contributed by atoms with Crippen molar-refractivity contribution in [3.05, 3.63) is 51.3 Å². The van der Waals surface area contributed by atoms with Crippen LogP contribution in [-0.4, -0.2) is 84.0 Å². The number of anilines is 1. The fourth-order valence-corrected chi connectivity index (χ4v) is 4.83. The van der Waals surface area contributed by atoms with E-state index in [4.69, 9.17) is 14.0 Å². The number of ether oxygens (including phenoxy) is 2. The first-order chi connectivity index (χ1) is 19.9. The van der Waals surface area contributed by atoms with Crippen LogP contribution in [0.4, 0.5) is 5.82 Å². The number of hydrogen-bond donors (Lipinski definition) is 5. The molecule has 42 heavy (non-hydrogen) atoms. The number of carbonyl (C=O) groups excluding carboxylic acids is 1. The third-order valence-electron chi connectivity index (χ3n) is 6.36. The minimum absolute atomic E-state index is 0.0507. The first kappa shape index (κ1) is 31.3. The summed E-state index contributed by atoms with van der Waals surface area (Å²) in [5.41, 5.74) is -0.781. The maximum Gasteiger partial charge on any atom is 0.330 e. The highest BCUT2D eigenvalue weighted by atomic mass is 31.2. The van der Waals surface area contributed by atoms with Crippen molar-refractivity contribution < 1.29 is 28.3 Å². The summed E-state index contributed by atoms with van der Waals surface area (Å²) in [6.07, 6.45) is 4.58. The number of aromatic nitrogens is 6. The Balaban J connectivity index is 1.38. The van der Waals surface area contributed by atoms with Crippen molar-refractivity contribution in [2.45, 2.75) is 64.3 Å². The van der Waals surface area contributed by atoms with Gasteiger partial charge in [0.25, 0.3) is 5.56 Å². The Morgan fingerprint density at radius 1 is 1.26 bits per heavy atom. The van der Waals surface area contributed by atoms with Crippen LogP contribution in [0.15, 0.2) is 34.5 Å². The van der Waals surface area contributed by atoms with Crippen LogP contribution in [0, 0.1) is 0 Å². The molecule has 1 unspecified atom stereocenters. The van der Waals surface area contributed by atoms with E-state index in [9.17, 15) is 23.8 Å². The number of H-pyrrole nitrogens is 2. The second-order valence-electron chi connectivity index (χ2n) is 10.2. The summed E-state index contributed by atoms with van der Waals surface area (Å²) in [4.78, 5) is 64.9. The number of nitrogens with zero attached hydrogens (tertiary/aromatic N) is 4. The Bertz CT molecular complexity index is 1580. The number of amides is 1. The molecule has 16 nitrogen and oxygen atoms in total. The summed E-state index contributed by atoms with van der Waals surface area (Å²) >= 11 is 0. The molecule has 1 fully saturated rings. The SMILES string of the molecule is CC(C)O[C@@H]1C[C@H](n2cc(/C=C/C(=O)NCCNc3ncnc4nc[nH]c34)c(=O)[nH]c2=O)O[C@@H]1COP(=O)(O)C(C)C. The Morgan fingerprint density at radius 2 is 2.05 bits per heavy atom. The summed E-state index contributed by atoms with van der Waals surface area (Å²) in [6, 6.07) is 0. The first-order valence-electron chi connectivity index (χ1n) is 13.4. The van der Waals surface area contributed by atoms with Crippen molar-refractivity contribution in [2.75, 3.05) is 25.0 Å². The largest absolute Gasteiger partial charge is 0.373 e. The molecule has 1 aliphatic rings. The van der Waals surface area contributed by atoms with Crippen molar-refractivity contribution in [2.24, 2.45) is 0 Å². The lowest BCUT2D eigenvalue weighted by molar-refractivity contribution is -0.116. The van der Waals surface area contributed by atoms with Gasteiger partial charge < -0.3 is 34.5 Å². The quantitative estimate of drug-likeness (QED) is 0.105. The lowest BCUT2D eigenvalue weighted by Gasteiger charge is -2.23. The molecule has 4 rings (SSSR count). The molecule has 0 radical (unpaired) electrons. The summed E-state index contributed by atoms with van der Waals surface area (Å²) < 4.78 is 30.7. The molecular formula is C25H35N8O8P. The van der Waals surface area contributed by atoms with Crippen LogP contribution in [0.3, 0.4) is 0 Å². The lowest BCUT2D eigenvalue weighted by Crippen LogP contribution is -2.33. The van der Waals surface area contributed by atoms with Gasteiger partial charge in [0, 0.05) is 31.8 Å². The Kier molecular flexibility index (Phi) is 10.1. The zero-order chi connectivity index (χ0) is 30.4. The average Bonchev–Trinajstić information content (AvgIpc) is 3.56. The first-order valence-corrected chi connectivity index (χ1v) is 15.1. The number of imidazole rings is 1. The predicted molar refractivity (Wildman–Crippen MR) is 153 cm³/mol. The standard InChI is InChI=1S/C25H35N8O8P/c1-14(2)40-17-9-20(41-18(17)11-39-42(37,38)15(3)4)33-10-16(24(35)32-25(33)36)5-6-19(34)26-7-8-27-22-21-23(29-12-28-21)31-13-30-22/h5-6,10,12-15,17-18,20H,7-9,11H2,1-4H3,(H,26,34)(H,37,38)(H,32,35,36)(H2,27,28,29,30,31)/b6-5+/t17-,18-,20-/m1/s1. The van der Waals surface area contributed by atoms with Crippen LogP contribution in [0.2, 0.25) is 0 Å². The second kappa shape index (κ2) is 13.5. The number of aromatic amines is 2. The summed E-state index contributed by atoms with van der Waals surface area (Å²) in [6.45, 7) is 7.22. The number of fused-ring (bicyclic) bond motifs is 1. The fraction of sp³-hybridized carbons (Fsp3) is 0.520. The van der Waals surface area contributed by atoms with Crippen molar-refractivity contribution in [1.82, 2.24) is 34.8 Å². The molecule has 1 aliphatic heterocycles. The van der Waals surface area contributed by atoms with Gasteiger partial charge in [0.2, 0.25) is 5.91 Å². The Labute approximate surface area is 240 Å². The molecule has 17 heteroatoms. The molecule has 3 aromatic heterocycles. The third kappa shape index (κ3) is 7.77. The van der Waals surface area contributed by atoms with Gasteiger partial charge in [-0.05, 0) is 19.9 Å². The van der Waals surface area contributed by atoms with E-state index in [1.165, 1.54) is 35.6 Å². The summed E-state index contributed by atoms with van der Waals surface area (Å²) in [5, 5.41) is 5.77. The highest BCUT2D eigenvalue weighted by Gasteiger charge is 2.40. The zero-order valence-electron chi connectivity index (χ0n) is 23.6. The van der Waals surface area contributed by atoms with E-state index in [0.29, 0.717) is 23.5 Å². The molecule has 228 valence electrons. The van der Waals surface area contributed by atoms with Crippen LogP contribution < -0.4 is 21.9 Å². The average molecular weight is 607 g/mol. The van der Waals surface area contributed by atoms with Gasteiger partial charge in [-0.15, -0.1) is 0 Å². The monoisotopic (exact) mass is 606 g/mol. The number of nitrogens with one attached hydrogen (secondary N) is 4. The normalized spacial score (nSPS) is 20.5. The van der Waals surface area contributed by atoms with E-state index in [1.54, 1.807) is 13.8 Å². The van der Waals surface area contributed by atoms with E-state index in [1.807, 2.05) is 13.8 Å². The lowest BCUT2D eigenvalue weighted by atomic mass is 10.2. The molecule has 0 bridgehead atoms. The van der Waals surface area contributed by atoms with Gasteiger partial charge in [0.15, 0.2) is 11.5 Å². The van der Waals surface area contributed by atoms with Crippen molar-refractivity contribution in [3.8, 4) is 0 Å². The van der Waals surface area contributed by atoms with Crippen LogP contribution in [0.5, 0.6) is 0 Å². The third-order valence-corrected chi connectivity index (χ3v) is 8.19. The van der Waals surface area contributed by atoms with E-state index in [2.05, 4.69) is 35.6 Å². The number of carbonyl (C=O) groups is 1.